The molecule has 3 aromatic heterocycles. The highest BCUT2D eigenvalue weighted by molar-refractivity contribution is 7.85. The number of fused-ring (bicyclic) bond motifs is 8. The molecule has 8 heteroatoms. The average molecular weight is 695 g/mol. The van der Waals surface area contributed by atoms with Gasteiger partial charge in [0.15, 0.2) is 0 Å². The van der Waals surface area contributed by atoms with E-state index < -0.39 is 10.1 Å². The fourth-order valence-corrected chi connectivity index (χ4v) is 7.51. The van der Waals surface area contributed by atoms with Gasteiger partial charge in [-0.05, 0) is 83.0 Å². The normalized spacial score (nSPS) is 12.3. The van der Waals surface area contributed by atoms with Gasteiger partial charge < -0.3 is 9.97 Å². The van der Waals surface area contributed by atoms with Crippen LogP contribution < -0.4 is 0 Å². The van der Waals surface area contributed by atoms with Gasteiger partial charge in [0.25, 0.3) is 10.1 Å². The molecule has 0 unspecified atom stereocenters. The van der Waals surface area contributed by atoms with Crippen molar-refractivity contribution in [2.75, 3.05) is 0 Å². The zero-order chi connectivity index (χ0) is 35.2. The quantitative estimate of drug-likeness (QED) is 0.155. The Hall–Kier alpha value is -6.61. The Morgan fingerprint density at radius 3 is 0.962 bits per heavy atom. The Labute approximate surface area is 300 Å². The van der Waals surface area contributed by atoms with Crippen LogP contribution in [0.4, 0.5) is 0 Å². The molecule has 0 radical (unpaired) electrons. The fraction of sp³-hybridized carbons (Fsp3) is 0. The van der Waals surface area contributed by atoms with Crippen LogP contribution >= 0.6 is 0 Å². The average Bonchev–Trinajstić information content (AvgIpc) is 4.01. The summed E-state index contributed by atoms with van der Waals surface area (Å²) in [5.74, 6) is 0. The van der Waals surface area contributed by atoms with Crippen LogP contribution in [0.15, 0.2) is 144 Å². The molecule has 2 aliphatic heterocycles. The largest absolute Gasteiger partial charge is 0.354 e. The van der Waals surface area contributed by atoms with Crippen LogP contribution in [0.5, 0.6) is 0 Å². The summed E-state index contributed by atoms with van der Waals surface area (Å²) >= 11 is 0. The Morgan fingerprint density at radius 1 is 0.385 bits per heavy atom. The van der Waals surface area contributed by atoms with Crippen molar-refractivity contribution in [3.05, 3.63) is 162 Å². The Bertz CT molecular complexity index is 2800. The topological polar surface area (TPSA) is 112 Å². The van der Waals surface area contributed by atoms with E-state index in [2.05, 4.69) is 70.7 Å². The summed E-state index contributed by atoms with van der Waals surface area (Å²) in [6, 6.07) is 45.1. The number of nitrogens with zero attached hydrogens (tertiary/aromatic N) is 2. The summed E-state index contributed by atoms with van der Waals surface area (Å²) in [6.07, 6.45) is 8.14. The lowest BCUT2D eigenvalue weighted by molar-refractivity contribution is 0.483. The monoisotopic (exact) mass is 694 g/mol. The van der Waals surface area contributed by atoms with Crippen LogP contribution in [-0.2, 0) is 10.1 Å². The molecule has 0 aliphatic carbocycles. The molecule has 0 fully saturated rings. The van der Waals surface area contributed by atoms with Crippen molar-refractivity contribution in [3.63, 3.8) is 0 Å². The lowest BCUT2D eigenvalue weighted by Crippen LogP contribution is -1.97. The summed E-state index contributed by atoms with van der Waals surface area (Å²) in [7, 11) is -4.37. The van der Waals surface area contributed by atoms with Gasteiger partial charge in [0.1, 0.15) is 0 Å². The van der Waals surface area contributed by atoms with Crippen molar-refractivity contribution in [2.24, 2.45) is 0 Å². The highest BCUT2D eigenvalue weighted by Gasteiger charge is 2.19. The summed E-state index contributed by atoms with van der Waals surface area (Å²) < 4.78 is 33.6. The van der Waals surface area contributed by atoms with Crippen LogP contribution in [0.1, 0.15) is 22.8 Å². The first-order valence-corrected chi connectivity index (χ1v) is 18.3. The molecule has 0 saturated heterocycles. The van der Waals surface area contributed by atoms with Gasteiger partial charge in [-0.25, -0.2) is 9.97 Å². The van der Waals surface area contributed by atoms with E-state index in [0.717, 1.165) is 83.7 Å². The van der Waals surface area contributed by atoms with Crippen molar-refractivity contribution in [3.8, 4) is 44.5 Å². The van der Waals surface area contributed by atoms with Crippen LogP contribution in [0, 0.1) is 0 Å². The molecule has 9 rings (SSSR count). The van der Waals surface area contributed by atoms with Gasteiger partial charge >= 0.3 is 0 Å². The molecule has 3 N–H and O–H groups in total. The molecule has 0 amide bonds. The van der Waals surface area contributed by atoms with E-state index in [0.29, 0.717) is 5.69 Å². The van der Waals surface area contributed by atoms with Crippen LogP contribution in [-0.4, -0.2) is 32.9 Å². The second-order valence-electron chi connectivity index (χ2n) is 12.6. The minimum atomic E-state index is -4.37. The van der Waals surface area contributed by atoms with E-state index in [1.165, 1.54) is 12.1 Å². The van der Waals surface area contributed by atoms with Crippen LogP contribution in [0.2, 0.25) is 0 Å². The summed E-state index contributed by atoms with van der Waals surface area (Å²) in [4.78, 5) is 17.8. The van der Waals surface area contributed by atoms with E-state index in [1.807, 2.05) is 78.9 Å². The molecule has 4 aromatic carbocycles. The third-order valence-electron chi connectivity index (χ3n) is 9.38. The molecule has 8 bridgehead atoms. The highest BCUT2D eigenvalue weighted by Crippen LogP contribution is 2.38. The summed E-state index contributed by atoms with van der Waals surface area (Å²) in [5.41, 5.74) is 14.0. The summed E-state index contributed by atoms with van der Waals surface area (Å²) in [5, 5.41) is 0. The maximum Gasteiger partial charge on any atom is 0.294 e. The smallest absolute Gasteiger partial charge is 0.294 e. The molecule has 0 saturated carbocycles. The number of hydrogen-bond donors (Lipinski definition) is 3. The maximum absolute atomic E-state index is 11.9. The molecular weight excluding hydrogens is 665 g/mol. The van der Waals surface area contributed by atoms with Gasteiger partial charge in [0.2, 0.25) is 0 Å². The van der Waals surface area contributed by atoms with Crippen molar-refractivity contribution >= 4 is 56.5 Å². The minimum absolute atomic E-state index is 0.180. The third-order valence-corrected chi connectivity index (χ3v) is 10.2. The first-order chi connectivity index (χ1) is 25.4. The number of aromatic amines is 2. The van der Waals surface area contributed by atoms with Crippen molar-refractivity contribution in [1.82, 2.24) is 19.9 Å². The summed E-state index contributed by atoms with van der Waals surface area (Å²) in [6.45, 7) is 0. The molecule has 0 spiro atoms. The van der Waals surface area contributed by atoms with Gasteiger partial charge in [-0.2, -0.15) is 8.42 Å². The fourth-order valence-electron chi connectivity index (χ4n) is 7.03. The van der Waals surface area contributed by atoms with Crippen molar-refractivity contribution in [2.45, 2.75) is 4.90 Å². The number of nitrogens with one attached hydrogen (secondary N) is 2. The molecule has 7 nitrogen and oxygen atoms in total. The second kappa shape index (κ2) is 12.6. The van der Waals surface area contributed by atoms with E-state index in [-0.39, 0.29) is 4.90 Å². The standard InChI is InChI=1S/C44H30N4O3S/c49-52(50,51)32-18-16-31(17-19-32)44-39-26-24-37(47-39)42(29-12-6-2-7-13-29)35-22-20-33(45-35)41(28-10-4-1-5-11-28)34-21-23-36(46-34)43(30-14-8-3-9-15-30)38-25-27-40(44)48-38/h1-27,45,48H,(H,49,50,51). The maximum atomic E-state index is 11.9. The molecule has 5 heterocycles. The number of rotatable bonds is 5. The molecule has 0 atom stereocenters. The van der Waals surface area contributed by atoms with Gasteiger partial charge in [-0.3, -0.25) is 4.55 Å². The van der Waals surface area contributed by atoms with Crippen molar-refractivity contribution < 1.29 is 13.0 Å². The first-order valence-electron chi connectivity index (χ1n) is 16.8. The predicted molar refractivity (Wildman–Crippen MR) is 210 cm³/mol. The van der Waals surface area contributed by atoms with Gasteiger partial charge in [-0.1, -0.05) is 103 Å². The zero-order valence-corrected chi connectivity index (χ0v) is 28.5. The Morgan fingerprint density at radius 2 is 0.673 bits per heavy atom. The lowest BCUT2D eigenvalue weighted by Gasteiger charge is -2.07. The molecule has 7 aromatic rings. The molecular formula is C44H30N4O3S. The number of H-pyrrole nitrogens is 2. The number of benzene rings is 4. The van der Waals surface area contributed by atoms with Gasteiger partial charge in [0.05, 0.1) is 27.7 Å². The molecule has 250 valence electrons. The third kappa shape index (κ3) is 5.66. The zero-order valence-electron chi connectivity index (χ0n) is 27.7. The highest BCUT2D eigenvalue weighted by atomic mass is 32.2. The predicted octanol–water partition coefficient (Wildman–Crippen LogP) is 10.6. The van der Waals surface area contributed by atoms with Crippen LogP contribution in [0.25, 0.3) is 90.9 Å². The molecule has 52 heavy (non-hydrogen) atoms. The van der Waals surface area contributed by atoms with Crippen LogP contribution in [0.3, 0.4) is 0 Å². The van der Waals surface area contributed by atoms with Gasteiger partial charge in [-0.15, -0.1) is 0 Å². The lowest BCUT2D eigenvalue weighted by atomic mass is 10.0. The Balaban J connectivity index is 1.46. The van der Waals surface area contributed by atoms with E-state index in [9.17, 15) is 13.0 Å². The molecule has 2 aliphatic rings. The van der Waals surface area contributed by atoms with E-state index >= 15 is 0 Å². The Kier molecular flexibility index (Phi) is 7.61. The SMILES string of the molecule is O=S(=O)(O)c1ccc(-c2c3nc(c(-c4ccccc4)c4ccc([nH]4)c(-c4ccccc4)c4nc(c(-c5ccccc5)c5ccc2[nH]5)C=C4)C=C3)cc1. The number of aromatic nitrogens is 4. The number of hydrogen-bond acceptors (Lipinski definition) is 4. The van der Waals surface area contributed by atoms with E-state index in [1.54, 1.807) is 12.1 Å². The van der Waals surface area contributed by atoms with Gasteiger partial charge in [0, 0.05) is 44.3 Å². The van der Waals surface area contributed by atoms with Crippen molar-refractivity contribution in [1.29, 1.82) is 0 Å². The first kappa shape index (κ1) is 31.4. The second-order valence-corrected chi connectivity index (χ2v) is 14.0. The minimum Gasteiger partial charge on any atom is -0.354 e. The van der Waals surface area contributed by atoms with E-state index in [4.69, 9.17) is 9.97 Å².